The normalized spacial score (nSPS) is 23.0. The number of benzene rings is 1. The highest BCUT2D eigenvalue weighted by Gasteiger charge is 2.36. The van der Waals surface area contributed by atoms with Crippen molar-refractivity contribution in [1.82, 2.24) is 4.90 Å². The van der Waals surface area contributed by atoms with Crippen LogP contribution in [0.2, 0.25) is 0 Å². The van der Waals surface area contributed by atoms with Crippen LogP contribution in [0, 0.1) is 5.92 Å². The summed E-state index contributed by atoms with van der Waals surface area (Å²) in [6.45, 7) is 7.05. The standard InChI is InChI=1S/C20H27NO3/c1-20(2)17(13-15-7-4-5-9-18(15)24-20)10-12-21-11-6-8-16(14-21)19(22)23-3/h4-5,7-9,17H,6,10-14H2,1-3H3. The molecule has 130 valence electrons. The topological polar surface area (TPSA) is 38.8 Å². The Kier molecular flexibility index (Phi) is 4.95. The summed E-state index contributed by atoms with van der Waals surface area (Å²) in [5.74, 6) is 1.29. The summed E-state index contributed by atoms with van der Waals surface area (Å²) in [4.78, 5) is 14.1. The minimum atomic E-state index is -0.199. The Labute approximate surface area is 144 Å². The first kappa shape index (κ1) is 17.0. The molecule has 2 aliphatic rings. The summed E-state index contributed by atoms with van der Waals surface area (Å²) in [5, 5.41) is 0. The average Bonchev–Trinajstić information content (AvgIpc) is 2.58. The van der Waals surface area contributed by atoms with E-state index in [1.54, 1.807) is 0 Å². The van der Waals surface area contributed by atoms with Crippen molar-refractivity contribution < 1.29 is 14.3 Å². The predicted molar refractivity (Wildman–Crippen MR) is 94.1 cm³/mol. The van der Waals surface area contributed by atoms with Gasteiger partial charge in [-0.3, -0.25) is 4.90 Å². The number of hydrogen-bond acceptors (Lipinski definition) is 4. The van der Waals surface area contributed by atoms with E-state index in [1.807, 2.05) is 12.1 Å². The molecule has 0 bridgehead atoms. The van der Waals surface area contributed by atoms with E-state index in [0.717, 1.165) is 43.7 Å². The SMILES string of the molecule is COC(=O)C1=CCCN(CCC2Cc3ccccc3OC2(C)C)C1. The lowest BCUT2D eigenvalue weighted by Gasteiger charge is -2.41. The number of ether oxygens (including phenoxy) is 2. The molecular formula is C20H27NO3. The van der Waals surface area contributed by atoms with Crippen molar-refractivity contribution >= 4 is 5.97 Å². The van der Waals surface area contributed by atoms with Gasteiger partial charge in [0.2, 0.25) is 0 Å². The first-order chi connectivity index (χ1) is 11.5. The van der Waals surface area contributed by atoms with E-state index in [9.17, 15) is 4.79 Å². The number of hydrogen-bond donors (Lipinski definition) is 0. The summed E-state index contributed by atoms with van der Waals surface area (Å²) in [6, 6.07) is 8.33. The van der Waals surface area contributed by atoms with E-state index < -0.39 is 0 Å². The van der Waals surface area contributed by atoms with E-state index in [2.05, 4.69) is 36.9 Å². The summed E-state index contributed by atoms with van der Waals surface area (Å²) in [6.07, 6.45) is 5.04. The van der Waals surface area contributed by atoms with Crippen molar-refractivity contribution in [2.75, 3.05) is 26.7 Å². The highest BCUT2D eigenvalue weighted by molar-refractivity contribution is 5.88. The Morgan fingerprint density at radius 2 is 2.17 bits per heavy atom. The molecule has 1 aromatic carbocycles. The molecule has 2 heterocycles. The molecular weight excluding hydrogens is 302 g/mol. The highest BCUT2D eigenvalue weighted by atomic mass is 16.5. The zero-order chi connectivity index (χ0) is 17.2. The maximum absolute atomic E-state index is 11.7. The minimum absolute atomic E-state index is 0.162. The predicted octanol–water partition coefficient (Wildman–Crippen LogP) is 3.21. The van der Waals surface area contributed by atoms with Gasteiger partial charge in [0, 0.05) is 24.6 Å². The molecule has 24 heavy (non-hydrogen) atoms. The lowest BCUT2D eigenvalue weighted by Crippen LogP contribution is -2.44. The van der Waals surface area contributed by atoms with E-state index in [4.69, 9.17) is 9.47 Å². The Morgan fingerprint density at radius 3 is 2.96 bits per heavy atom. The van der Waals surface area contributed by atoms with Gasteiger partial charge in [-0.15, -0.1) is 0 Å². The molecule has 0 aliphatic carbocycles. The Bertz CT molecular complexity index is 636. The number of esters is 1. The third-order valence-electron chi connectivity index (χ3n) is 5.27. The molecule has 0 amide bonds. The minimum Gasteiger partial charge on any atom is -0.487 e. The van der Waals surface area contributed by atoms with Crippen LogP contribution >= 0.6 is 0 Å². The average molecular weight is 329 g/mol. The molecule has 1 unspecified atom stereocenters. The molecule has 0 fully saturated rings. The van der Waals surface area contributed by atoms with Crippen LogP contribution in [0.25, 0.3) is 0 Å². The van der Waals surface area contributed by atoms with Crippen molar-refractivity contribution in [1.29, 1.82) is 0 Å². The van der Waals surface area contributed by atoms with Gasteiger partial charge in [-0.2, -0.15) is 0 Å². The molecule has 4 heteroatoms. The van der Waals surface area contributed by atoms with Crippen molar-refractivity contribution in [3.8, 4) is 5.75 Å². The fourth-order valence-corrected chi connectivity index (χ4v) is 3.71. The smallest absolute Gasteiger partial charge is 0.334 e. The number of carbonyl (C=O) groups is 1. The second-order valence-corrected chi connectivity index (χ2v) is 7.29. The number of methoxy groups -OCH3 is 1. The van der Waals surface area contributed by atoms with Crippen LogP contribution in [0.5, 0.6) is 5.75 Å². The zero-order valence-corrected chi connectivity index (χ0v) is 14.9. The van der Waals surface area contributed by atoms with Gasteiger partial charge in [0.05, 0.1) is 7.11 Å². The van der Waals surface area contributed by atoms with E-state index in [-0.39, 0.29) is 11.6 Å². The summed E-state index contributed by atoms with van der Waals surface area (Å²) < 4.78 is 11.1. The van der Waals surface area contributed by atoms with Gasteiger partial charge in [0.15, 0.2) is 0 Å². The van der Waals surface area contributed by atoms with E-state index in [0.29, 0.717) is 12.5 Å². The van der Waals surface area contributed by atoms with E-state index >= 15 is 0 Å². The molecule has 3 rings (SSSR count). The van der Waals surface area contributed by atoms with Crippen molar-refractivity contribution in [2.24, 2.45) is 5.92 Å². The third kappa shape index (κ3) is 3.64. The largest absolute Gasteiger partial charge is 0.487 e. The molecule has 0 radical (unpaired) electrons. The van der Waals surface area contributed by atoms with Crippen LogP contribution in [0.1, 0.15) is 32.3 Å². The molecule has 0 saturated carbocycles. The number of nitrogens with zero attached hydrogens (tertiary/aromatic N) is 1. The fourth-order valence-electron chi connectivity index (χ4n) is 3.71. The molecule has 0 saturated heterocycles. The van der Waals surface area contributed by atoms with Gasteiger partial charge in [-0.05, 0) is 51.3 Å². The van der Waals surface area contributed by atoms with Gasteiger partial charge in [0.1, 0.15) is 11.4 Å². The van der Waals surface area contributed by atoms with Gasteiger partial charge in [0.25, 0.3) is 0 Å². The number of carbonyl (C=O) groups excluding carboxylic acids is 1. The molecule has 0 aromatic heterocycles. The van der Waals surface area contributed by atoms with Crippen molar-refractivity contribution in [3.63, 3.8) is 0 Å². The monoisotopic (exact) mass is 329 g/mol. The summed E-state index contributed by atoms with van der Waals surface area (Å²) in [7, 11) is 1.45. The number of fused-ring (bicyclic) bond motifs is 1. The number of rotatable bonds is 4. The molecule has 1 atom stereocenters. The third-order valence-corrected chi connectivity index (χ3v) is 5.27. The quantitative estimate of drug-likeness (QED) is 0.795. The Morgan fingerprint density at radius 1 is 1.38 bits per heavy atom. The Balaban J connectivity index is 1.61. The summed E-state index contributed by atoms with van der Waals surface area (Å²) >= 11 is 0. The maximum atomic E-state index is 11.7. The van der Waals surface area contributed by atoms with Gasteiger partial charge < -0.3 is 9.47 Å². The second kappa shape index (κ2) is 6.98. The van der Waals surface area contributed by atoms with Gasteiger partial charge >= 0.3 is 5.97 Å². The maximum Gasteiger partial charge on any atom is 0.334 e. The van der Waals surface area contributed by atoms with Crippen molar-refractivity contribution in [3.05, 3.63) is 41.5 Å². The van der Waals surface area contributed by atoms with Crippen LogP contribution in [0.3, 0.4) is 0 Å². The first-order valence-electron chi connectivity index (χ1n) is 8.76. The van der Waals surface area contributed by atoms with Crippen LogP contribution in [0.4, 0.5) is 0 Å². The second-order valence-electron chi connectivity index (χ2n) is 7.29. The zero-order valence-electron chi connectivity index (χ0n) is 14.9. The highest BCUT2D eigenvalue weighted by Crippen LogP contribution is 2.38. The Hall–Kier alpha value is -1.81. The number of para-hydroxylation sites is 1. The fraction of sp³-hybridized carbons (Fsp3) is 0.550. The molecule has 4 nitrogen and oxygen atoms in total. The molecule has 1 aromatic rings. The van der Waals surface area contributed by atoms with Crippen LogP contribution in [0.15, 0.2) is 35.9 Å². The van der Waals surface area contributed by atoms with Crippen LogP contribution in [-0.4, -0.2) is 43.2 Å². The van der Waals surface area contributed by atoms with Gasteiger partial charge in [-0.1, -0.05) is 24.3 Å². The van der Waals surface area contributed by atoms with Gasteiger partial charge in [-0.25, -0.2) is 4.79 Å². The molecule has 0 N–H and O–H groups in total. The molecule has 2 aliphatic heterocycles. The first-order valence-corrected chi connectivity index (χ1v) is 8.76. The molecule has 0 spiro atoms. The lowest BCUT2D eigenvalue weighted by molar-refractivity contribution is -0.136. The van der Waals surface area contributed by atoms with Crippen molar-refractivity contribution in [2.45, 2.75) is 38.7 Å². The van der Waals surface area contributed by atoms with E-state index in [1.165, 1.54) is 12.7 Å². The van der Waals surface area contributed by atoms with Crippen LogP contribution < -0.4 is 4.74 Å². The summed E-state index contributed by atoms with van der Waals surface area (Å²) in [5.41, 5.74) is 1.93. The lowest BCUT2D eigenvalue weighted by atomic mass is 9.80. The van der Waals surface area contributed by atoms with Crippen LogP contribution in [-0.2, 0) is 16.0 Å².